The SMILES string of the molecule is O=C(O)CCc1ccc2c(c1Br)OCCO2. The van der Waals surface area contributed by atoms with Crippen LogP contribution in [0.2, 0.25) is 0 Å². The van der Waals surface area contributed by atoms with E-state index in [4.69, 9.17) is 14.6 Å². The van der Waals surface area contributed by atoms with Crippen molar-refractivity contribution in [1.82, 2.24) is 0 Å². The van der Waals surface area contributed by atoms with E-state index < -0.39 is 5.97 Å². The summed E-state index contributed by atoms with van der Waals surface area (Å²) >= 11 is 3.42. The van der Waals surface area contributed by atoms with Crippen LogP contribution in [0.5, 0.6) is 11.5 Å². The lowest BCUT2D eigenvalue weighted by Crippen LogP contribution is -2.16. The first-order valence-corrected chi connectivity index (χ1v) is 5.76. The number of fused-ring (bicyclic) bond motifs is 1. The second kappa shape index (κ2) is 4.74. The molecule has 1 N–H and O–H groups in total. The number of carboxylic acids is 1. The van der Waals surface area contributed by atoms with Crippen molar-refractivity contribution in [3.8, 4) is 11.5 Å². The van der Waals surface area contributed by atoms with Gasteiger partial charge < -0.3 is 14.6 Å². The highest BCUT2D eigenvalue weighted by molar-refractivity contribution is 9.10. The van der Waals surface area contributed by atoms with E-state index in [0.29, 0.717) is 31.1 Å². The Morgan fingerprint density at radius 3 is 2.88 bits per heavy atom. The summed E-state index contributed by atoms with van der Waals surface area (Å²) in [4.78, 5) is 10.5. The number of carbonyl (C=O) groups is 1. The first-order chi connectivity index (χ1) is 7.68. The van der Waals surface area contributed by atoms with E-state index >= 15 is 0 Å². The van der Waals surface area contributed by atoms with Crippen molar-refractivity contribution in [2.75, 3.05) is 13.2 Å². The summed E-state index contributed by atoms with van der Waals surface area (Å²) in [6.07, 6.45) is 0.588. The van der Waals surface area contributed by atoms with E-state index in [1.807, 2.05) is 12.1 Å². The van der Waals surface area contributed by atoms with Crippen LogP contribution in [-0.2, 0) is 11.2 Å². The van der Waals surface area contributed by atoms with Gasteiger partial charge >= 0.3 is 5.97 Å². The molecule has 0 radical (unpaired) electrons. The Balaban J connectivity index is 2.23. The van der Waals surface area contributed by atoms with Gasteiger partial charge in [-0.2, -0.15) is 0 Å². The van der Waals surface area contributed by atoms with Gasteiger partial charge in [-0.3, -0.25) is 4.79 Å². The highest BCUT2D eigenvalue weighted by atomic mass is 79.9. The second-order valence-electron chi connectivity index (χ2n) is 3.46. The van der Waals surface area contributed by atoms with Gasteiger partial charge in [-0.1, -0.05) is 6.07 Å². The Hall–Kier alpha value is -1.23. The van der Waals surface area contributed by atoms with Crippen molar-refractivity contribution in [3.05, 3.63) is 22.2 Å². The number of ether oxygens (including phenoxy) is 2. The van der Waals surface area contributed by atoms with Gasteiger partial charge in [0.25, 0.3) is 0 Å². The van der Waals surface area contributed by atoms with Gasteiger partial charge in [0.15, 0.2) is 11.5 Å². The third kappa shape index (κ3) is 2.29. The Morgan fingerprint density at radius 1 is 1.38 bits per heavy atom. The number of aliphatic carboxylic acids is 1. The Bertz CT molecular complexity index is 417. The van der Waals surface area contributed by atoms with Crippen molar-refractivity contribution in [3.63, 3.8) is 0 Å². The smallest absolute Gasteiger partial charge is 0.303 e. The summed E-state index contributed by atoms with van der Waals surface area (Å²) in [6.45, 7) is 1.07. The maximum atomic E-state index is 10.5. The minimum Gasteiger partial charge on any atom is -0.486 e. The molecule has 0 aromatic heterocycles. The molecule has 1 aliphatic rings. The topological polar surface area (TPSA) is 55.8 Å². The molecule has 16 heavy (non-hydrogen) atoms. The molecule has 0 aliphatic carbocycles. The quantitative estimate of drug-likeness (QED) is 0.926. The molecule has 0 bridgehead atoms. The molecule has 5 heteroatoms. The highest BCUT2D eigenvalue weighted by Gasteiger charge is 2.17. The van der Waals surface area contributed by atoms with Crippen LogP contribution in [0.15, 0.2) is 16.6 Å². The monoisotopic (exact) mass is 286 g/mol. The molecule has 4 nitrogen and oxygen atoms in total. The first kappa shape index (κ1) is 11.3. The molecule has 0 spiro atoms. The van der Waals surface area contributed by atoms with Crippen molar-refractivity contribution in [1.29, 1.82) is 0 Å². The van der Waals surface area contributed by atoms with Crippen molar-refractivity contribution in [2.45, 2.75) is 12.8 Å². The zero-order chi connectivity index (χ0) is 11.5. The van der Waals surface area contributed by atoms with Crippen LogP contribution >= 0.6 is 15.9 Å². The lowest BCUT2D eigenvalue weighted by atomic mass is 10.1. The number of halogens is 1. The Morgan fingerprint density at radius 2 is 2.12 bits per heavy atom. The van der Waals surface area contributed by atoms with Crippen LogP contribution in [-0.4, -0.2) is 24.3 Å². The fraction of sp³-hybridized carbons (Fsp3) is 0.364. The van der Waals surface area contributed by atoms with Gasteiger partial charge in [-0.25, -0.2) is 0 Å². The van der Waals surface area contributed by atoms with Crippen LogP contribution < -0.4 is 9.47 Å². The molecule has 0 amide bonds. The van der Waals surface area contributed by atoms with Gasteiger partial charge in [0.05, 0.1) is 4.47 Å². The molecular formula is C11H11BrO4. The summed E-state index contributed by atoms with van der Waals surface area (Å²) < 4.78 is 11.7. The molecule has 0 saturated carbocycles. The largest absolute Gasteiger partial charge is 0.486 e. The average molecular weight is 287 g/mol. The summed E-state index contributed by atoms with van der Waals surface area (Å²) in [6, 6.07) is 3.68. The van der Waals surface area contributed by atoms with Gasteiger partial charge in [0.2, 0.25) is 0 Å². The van der Waals surface area contributed by atoms with Crippen LogP contribution in [0.25, 0.3) is 0 Å². The Kier molecular flexibility index (Phi) is 3.33. The molecule has 1 aromatic rings. The molecule has 1 aliphatic heterocycles. The molecule has 2 rings (SSSR count). The van der Waals surface area contributed by atoms with Gasteiger partial charge in [-0.15, -0.1) is 0 Å². The number of aryl methyl sites for hydroxylation is 1. The predicted molar refractivity (Wildman–Crippen MR) is 61.1 cm³/mol. The van der Waals surface area contributed by atoms with Gasteiger partial charge in [-0.05, 0) is 34.0 Å². The minimum absolute atomic E-state index is 0.109. The highest BCUT2D eigenvalue weighted by Crippen LogP contribution is 2.39. The number of carboxylic acid groups (broad SMARTS) is 1. The summed E-state index contributed by atoms with van der Waals surface area (Å²) in [5, 5.41) is 8.63. The standard InChI is InChI=1S/C11H11BrO4/c12-10-7(2-4-9(13)14)1-3-8-11(10)16-6-5-15-8/h1,3H,2,4-6H2,(H,13,14). The lowest BCUT2D eigenvalue weighted by molar-refractivity contribution is -0.136. The lowest BCUT2D eigenvalue weighted by Gasteiger charge is -2.20. The average Bonchev–Trinajstić information content (AvgIpc) is 2.28. The van der Waals surface area contributed by atoms with E-state index in [1.165, 1.54) is 0 Å². The van der Waals surface area contributed by atoms with Crippen molar-refractivity contribution in [2.24, 2.45) is 0 Å². The zero-order valence-electron chi connectivity index (χ0n) is 8.53. The van der Waals surface area contributed by atoms with E-state index in [0.717, 1.165) is 10.0 Å². The van der Waals surface area contributed by atoms with E-state index in [2.05, 4.69) is 15.9 Å². The molecule has 0 unspecified atom stereocenters. The second-order valence-corrected chi connectivity index (χ2v) is 4.25. The maximum absolute atomic E-state index is 10.5. The van der Waals surface area contributed by atoms with Crippen LogP contribution in [0.3, 0.4) is 0 Å². The zero-order valence-corrected chi connectivity index (χ0v) is 10.1. The minimum atomic E-state index is -0.804. The normalized spacial score (nSPS) is 13.6. The molecule has 1 heterocycles. The van der Waals surface area contributed by atoms with Gasteiger partial charge in [0.1, 0.15) is 13.2 Å². The third-order valence-electron chi connectivity index (χ3n) is 2.34. The molecule has 1 aromatic carbocycles. The molecule has 0 fully saturated rings. The Labute approximate surface area is 101 Å². The maximum Gasteiger partial charge on any atom is 0.303 e. The van der Waals surface area contributed by atoms with Crippen molar-refractivity contribution < 1.29 is 19.4 Å². The number of hydrogen-bond acceptors (Lipinski definition) is 3. The van der Waals surface area contributed by atoms with Crippen molar-refractivity contribution >= 4 is 21.9 Å². The summed E-state index contributed by atoms with van der Waals surface area (Å²) in [7, 11) is 0. The molecular weight excluding hydrogens is 276 g/mol. The molecule has 0 saturated heterocycles. The van der Waals surface area contributed by atoms with Crippen LogP contribution in [0.4, 0.5) is 0 Å². The van der Waals surface area contributed by atoms with Crippen LogP contribution in [0, 0.1) is 0 Å². The molecule has 86 valence electrons. The molecule has 0 atom stereocenters. The summed E-state index contributed by atoms with van der Waals surface area (Å²) in [5.74, 6) is 0.577. The fourth-order valence-electron chi connectivity index (χ4n) is 1.56. The number of hydrogen-bond donors (Lipinski definition) is 1. The number of benzene rings is 1. The third-order valence-corrected chi connectivity index (χ3v) is 3.21. The number of rotatable bonds is 3. The first-order valence-electron chi connectivity index (χ1n) is 4.97. The van der Waals surface area contributed by atoms with E-state index in [-0.39, 0.29) is 6.42 Å². The van der Waals surface area contributed by atoms with E-state index in [9.17, 15) is 4.79 Å². The summed E-state index contributed by atoms with van der Waals surface area (Å²) in [5.41, 5.74) is 0.923. The van der Waals surface area contributed by atoms with Crippen LogP contribution in [0.1, 0.15) is 12.0 Å². The van der Waals surface area contributed by atoms with Gasteiger partial charge in [0, 0.05) is 6.42 Å². The van der Waals surface area contributed by atoms with E-state index in [1.54, 1.807) is 0 Å². The predicted octanol–water partition coefficient (Wildman–Crippen LogP) is 2.24. The fourth-order valence-corrected chi connectivity index (χ4v) is 2.20.